The maximum atomic E-state index is 13.0. The number of nitrogens with one attached hydrogen (secondary N) is 1. The number of anilines is 1. The molecule has 2 aromatic heterocycles. The van der Waals surface area contributed by atoms with Crippen LogP contribution in [0.2, 0.25) is 0 Å². The maximum absolute atomic E-state index is 13.0. The second kappa shape index (κ2) is 9.05. The molecule has 0 bridgehead atoms. The summed E-state index contributed by atoms with van der Waals surface area (Å²) in [7, 11) is -2.16. The van der Waals surface area contributed by atoms with Crippen LogP contribution in [0.1, 0.15) is 68.3 Å². The number of benzene rings is 1. The maximum Gasteiger partial charge on any atom is 0.343 e. The van der Waals surface area contributed by atoms with Crippen LogP contribution in [0.15, 0.2) is 57.1 Å². The van der Waals surface area contributed by atoms with Crippen LogP contribution in [-0.4, -0.2) is 23.1 Å². The van der Waals surface area contributed by atoms with Gasteiger partial charge in [0.25, 0.3) is 10.0 Å². The lowest BCUT2D eigenvalue weighted by molar-refractivity contribution is 0.377. The van der Waals surface area contributed by atoms with E-state index in [2.05, 4.69) is 9.71 Å². The van der Waals surface area contributed by atoms with Gasteiger partial charge in [0.15, 0.2) is 5.03 Å². The third-order valence-electron chi connectivity index (χ3n) is 6.23. The Bertz CT molecular complexity index is 1300. The van der Waals surface area contributed by atoms with Gasteiger partial charge in [-0.15, -0.1) is 0 Å². The van der Waals surface area contributed by atoms with Crippen molar-refractivity contribution in [1.82, 2.24) is 9.55 Å². The molecule has 3 aromatic rings. The minimum atomic E-state index is -3.85. The van der Waals surface area contributed by atoms with E-state index in [1.807, 2.05) is 19.9 Å². The van der Waals surface area contributed by atoms with Crippen LogP contribution < -0.4 is 10.3 Å². The summed E-state index contributed by atoms with van der Waals surface area (Å²) in [6.45, 7) is 4.03. The molecule has 1 unspecified atom stereocenters. The lowest BCUT2D eigenvalue weighted by atomic mass is 9.87. The Hall–Kier alpha value is -3.07. The van der Waals surface area contributed by atoms with Crippen LogP contribution in [0.5, 0.6) is 5.75 Å². The normalized spacial score (nSPS) is 15.0. The first kappa shape index (κ1) is 23.1. The van der Waals surface area contributed by atoms with E-state index < -0.39 is 15.6 Å². The second-order valence-corrected chi connectivity index (χ2v) is 10.3. The number of imidazole rings is 1. The molecule has 1 aliphatic rings. The van der Waals surface area contributed by atoms with Crippen molar-refractivity contribution in [3.05, 3.63) is 70.2 Å². The zero-order valence-corrected chi connectivity index (χ0v) is 19.8. The summed E-state index contributed by atoms with van der Waals surface area (Å²) in [5.41, 5.74) is 0.808. The number of hydrogen-bond donors (Lipinski definition) is 2. The number of nitrogens with zero attached hydrogens (tertiary/aromatic N) is 2. The number of aryl methyl sites for hydroxylation is 1. The molecule has 4 rings (SSSR count). The Balaban J connectivity index is 1.70. The van der Waals surface area contributed by atoms with Crippen LogP contribution in [0.25, 0.3) is 0 Å². The number of sulfonamides is 1. The van der Waals surface area contributed by atoms with Crippen LogP contribution in [0.3, 0.4) is 0 Å². The van der Waals surface area contributed by atoms with Gasteiger partial charge in [0.05, 0.1) is 11.9 Å². The van der Waals surface area contributed by atoms with E-state index in [4.69, 9.17) is 4.42 Å². The molecule has 0 amide bonds. The fourth-order valence-electron chi connectivity index (χ4n) is 4.32. The number of aromatic nitrogens is 2. The van der Waals surface area contributed by atoms with Crippen molar-refractivity contribution in [2.75, 3.05) is 4.72 Å². The van der Waals surface area contributed by atoms with Crippen molar-refractivity contribution in [2.24, 2.45) is 13.0 Å². The molecule has 176 valence electrons. The minimum Gasteiger partial charge on any atom is -0.507 e. The molecule has 1 atom stereocenters. The van der Waals surface area contributed by atoms with Crippen molar-refractivity contribution < 1.29 is 17.9 Å². The molecule has 33 heavy (non-hydrogen) atoms. The average molecular weight is 472 g/mol. The van der Waals surface area contributed by atoms with E-state index in [9.17, 15) is 18.3 Å². The molecule has 0 saturated heterocycles. The van der Waals surface area contributed by atoms with Gasteiger partial charge in [-0.1, -0.05) is 26.0 Å². The zero-order chi connectivity index (χ0) is 23.8. The van der Waals surface area contributed by atoms with Gasteiger partial charge in [0, 0.05) is 36.8 Å². The molecule has 0 spiro atoms. The monoisotopic (exact) mass is 471 g/mol. The molecule has 1 aliphatic carbocycles. The summed E-state index contributed by atoms with van der Waals surface area (Å²) < 4.78 is 35.1. The summed E-state index contributed by atoms with van der Waals surface area (Å²) in [6, 6.07) is 8.49. The summed E-state index contributed by atoms with van der Waals surface area (Å²) in [6.07, 6.45) is 6.29. The van der Waals surface area contributed by atoms with Crippen molar-refractivity contribution in [3.63, 3.8) is 0 Å². The Morgan fingerprint density at radius 2 is 1.97 bits per heavy atom. The van der Waals surface area contributed by atoms with Gasteiger partial charge >= 0.3 is 5.63 Å². The van der Waals surface area contributed by atoms with Crippen LogP contribution >= 0.6 is 0 Å². The Kier molecular flexibility index (Phi) is 6.34. The number of aromatic hydroxyl groups is 1. The summed E-state index contributed by atoms with van der Waals surface area (Å²) >= 11 is 0. The van der Waals surface area contributed by atoms with Crippen LogP contribution in [-0.2, 0) is 17.1 Å². The molecule has 1 fully saturated rings. The smallest absolute Gasteiger partial charge is 0.343 e. The molecule has 2 heterocycles. The SMILES string of the molecule is CCC(CC)c1cc(O)c(C(c2cccc(NS(=O)(=O)c3cn(C)cn3)c2)C2CC2)c(=O)o1. The highest BCUT2D eigenvalue weighted by molar-refractivity contribution is 7.92. The van der Waals surface area contributed by atoms with Gasteiger partial charge in [0.1, 0.15) is 11.5 Å². The predicted octanol–water partition coefficient (Wildman–Crippen LogP) is 4.33. The van der Waals surface area contributed by atoms with E-state index >= 15 is 0 Å². The fourth-order valence-corrected chi connectivity index (χ4v) is 5.35. The minimum absolute atomic E-state index is 0.0653. The second-order valence-electron chi connectivity index (χ2n) is 8.67. The Labute approximate surface area is 193 Å². The average Bonchev–Trinajstić information content (AvgIpc) is 3.50. The Morgan fingerprint density at radius 1 is 1.24 bits per heavy atom. The standard InChI is InChI=1S/C24H29N3O5S/c1-4-15(5-2)20-12-19(28)23(24(29)32-20)22(16-9-10-16)17-7-6-8-18(11-17)26-33(30,31)21-13-27(3)14-25-21/h6-8,11-16,22,26,28H,4-5,9-10H2,1-3H3. The van der Waals surface area contributed by atoms with Gasteiger partial charge in [-0.2, -0.15) is 8.42 Å². The van der Waals surface area contributed by atoms with E-state index in [-0.39, 0.29) is 34.1 Å². The number of rotatable bonds is 9. The highest BCUT2D eigenvalue weighted by Crippen LogP contribution is 2.48. The van der Waals surface area contributed by atoms with Gasteiger partial charge in [-0.3, -0.25) is 4.72 Å². The lowest BCUT2D eigenvalue weighted by Gasteiger charge is -2.20. The van der Waals surface area contributed by atoms with Crippen LogP contribution in [0, 0.1) is 5.92 Å². The van der Waals surface area contributed by atoms with Crippen LogP contribution in [0.4, 0.5) is 5.69 Å². The van der Waals surface area contributed by atoms with E-state index in [1.54, 1.807) is 35.9 Å². The van der Waals surface area contributed by atoms with Crippen molar-refractivity contribution in [3.8, 4) is 5.75 Å². The highest BCUT2D eigenvalue weighted by atomic mass is 32.2. The Morgan fingerprint density at radius 3 is 2.55 bits per heavy atom. The lowest BCUT2D eigenvalue weighted by Crippen LogP contribution is -2.18. The summed E-state index contributed by atoms with van der Waals surface area (Å²) in [5.74, 6) is 0.306. The summed E-state index contributed by atoms with van der Waals surface area (Å²) in [4.78, 5) is 16.9. The molecule has 1 aromatic carbocycles. The van der Waals surface area contributed by atoms with Gasteiger partial charge < -0.3 is 14.1 Å². The van der Waals surface area contributed by atoms with E-state index in [0.29, 0.717) is 11.4 Å². The molecular weight excluding hydrogens is 442 g/mol. The van der Waals surface area contributed by atoms with E-state index in [1.165, 1.54) is 12.5 Å². The molecule has 0 aliphatic heterocycles. The third kappa shape index (κ3) is 4.83. The van der Waals surface area contributed by atoms with Gasteiger partial charge in [-0.05, 0) is 49.3 Å². The molecule has 0 radical (unpaired) electrons. The largest absolute Gasteiger partial charge is 0.507 e. The topological polar surface area (TPSA) is 114 Å². The van der Waals surface area contributed by atoms with Crippen molar-refractivity contribution in [1.29, 1.82) is 0 Å². The third-order valence-corrected chi connectivity index (χ3v) is 7.50. The zero-order valence-electron chi connectivity index (χ0n) is 19.0. The van der Waals surface area contributed by atoms with Crippen molar-refractivity contribution >= 4 is 15.7 Å². The highest BCUT2D eigenvalue weighted by Gasteiger charge is 2.37. The molecule has 1 saturated carbocycles. The molecular formula is C24H29N3O5S. The first-order chi connectivity index (χ1) is 15.7. The number of hydrogen-bond acceptors (Lipinski definition) is 6. The summed E-state index contributed by atoms with van der Waals surface area (Å²) in [5, 5.41) is 10.8. The molecule has 8 nitrogen and oxygen atoms in total. The molecule has 9 heteroatoms. The predicted molar refractivity (Wildman–Crippen MR) is 125 cm³/mol. The van der Waals surface area contributed by atoms with Gasteiger partial charge in [0.2, 0.25) is 0 Å². The van der Waals surface area contributed by atoms with Crippen molar-refractivity contribution in [2.45, 2.75) is 56.4 Å². The molecule has 2 N–H and O–H groups in total. The first-order valence-corrected chi connectivity index (χ1v) is 12.7. The van der Waals surface area contributed by atoms with E-state index in [0.717, 1.165) is 31.2 Å². The first-order valence-electron chi connectivity index (χ1n) is 11.2. The van der Waals surface area contributed by atoms with Gasteiger partial charge in [-0.25, -0.2) is 9.78 Å². The fraction of sp³-hybridized carbons (Fsp3) is 0.417. The quantitative estimate of drug-likeness (QED) is 0.480.